The highest BCUT2D eigenvalue weighted by molar-refractivity contribution is 14.1. The molecule has 0 amide bonds. The van der Waals surface area contributed by atoms with Gasteiger partial charge in [0.25, 0.3) is 5.56 Å². The van der Waals surface area contributed by atoms with Crippen molar-refractivity contribution in [3.63, 3.8) is 0 Å². The summed E-state index contributed by atoms with van der Waals surface area (Å²) in [5.41, 5.74) is -1.41. The molecule has 1 aliphatic rings. The van der Waals surface area contributed by atoms with Crippen LogP contribution in [0, 0.1) is 3.57 Å². The minimum atomic E-state index is -1.86. The summed E-state index contributed by atoms with van der Waals surface area (Å²) in [6.45, 7) is -0.562. The van der Waals surface area contributed by atoms with Gasteiger partial charge in [0.2, 0.25) is 0 Å². The van der Waals surface area contributed by atoms with Crippen molar-refractivity contribution in [3.05, 3.63) is 30.6 Å². The van der Waals surface area contributed by atoms with Crippen molar-refractivity contribution in [3.8, 4) is 0 Å². The molecule has 0 radical (unpaired) electrons. The number of alkyl halides is 1. The largest absolute Gasteiger partial charge is 0.394 e. The van der Waals surface area contributed by atoms with Gasteiger partial charge in [-0.3, -0.25) is 14.3 Å². The summed E-state index contributed by atoms with van der Waals surface area (Å²) in [6, 6.07) is 0. The second-order valence-electron chi connectivity index (χ2n) is 3.83. The van der Waals surface area contributed by atoms with Crippen molar-refractivity contribution >= 4 is 22.6 Å². The van der Waals surface area contributed by atoms with Crippen molar-refractivity contribution in [1.82, 2.24) is 9.55 Å². The van der Waals surface area contributed by atoms with Crippen LogP contribution >= 0.6 is 22.6 Å². The Morgan fingerprint density at radius 1 is 1.53 bits per heavy atom. The lowest BCUT2D eigenvalue weighted by atomic mass is 10.1. The third-order valence-electron chi connectivity index (χ3n) is 2.67. The van der Waals surface area contributed by atoms with E-state index in [2.05, 4.69) is 0 Å². The van der Waals surface area contributed by atoms with Gasteiger partial charge < -0.3 is 14.9 Å². The molecule has 1 aromatic heterocycles. The molecule has 9 heteroatoms. The molecule has 0 aliphatic carbocycles. The van der Waals surface area contributed by atoms with Crippen LogP contribution in [0.25, 0.3) is 0 Å². The standard InChI is InChI=1S/C9H10FIN2O5.CH4/c10-5-6(15)4(2-14)18-8(5)13-1-3(11)7(16)12-9(13)17;/h1,4-6,8,14-15H,2H2,(H,12,16,17);1H4/t4-,5-,6?,8-;/m1./s1. The number of rotatable bonds is 2. The number of aliphatic hydroxyl groups excluding tert-OH is 2. The quantitative estimate of drug-likeness (QED) is 0.586. The first-order valence-electron chi connectivity index (χ1n) is 5.05. The van der Waals surface area contributed by atoms with Crippen LogP contribution in [0.1, 0.15) is 13.7 Å². The summed E-state index contributed by atoms with van der Waals surface area (Å²) in [4.78, 5) is 24.7. The Morgan fingerprint density at radius 3 is 2.68 bits per heavy atom. The highest BCUT2D eigenvalue weighted by Gasteiger charge is 2.45. The Balaban J connectivity index is 0.00000180. The van der Waals surface area contributed by atoms with Gasteiger partial charge >= 0.3 is 5.69 Å². The van der Waals surface area contributed by atoms with Gasteiger partial charge in [-0.25, -0.2) is 9.18 Å². The van der Waals surface area contributed by atoms with E-state index in [9.17, 15) is 19.1 Å². The van der Waals surface area contributed by atoms with E-state index in [0.717, 1.165) is 10.8 Å². The van der Waals surface area contributed by atoms with Gasteiger partial charge in [0.05, 0.1) is 10.2 Å². The molecule has 19 heavy (non-hydrogen) atoms. The molecule has 4 atom stereocenters. The molecule has 0 saturated carbocycles. The van der Waals surface area contributed by atoms with Crippen LogP contribution in [0.4, 0.5) is 4.39 Å². The molecule has 108 valence electrons. The number of nitrogens with zero attached hydrogens (tertiary/aromatic N) is 1. The third kappa shape index (κ3) is 2.88. The lowest BCUT2D eigenvalue weighted by Gasteiger charge is -2.15. The van der Waals surface area contributed by atoms with E-state index in [0.29, 0.717) is 0 Å². The van der Waals surface area contributed by atoms with Crippen LogP contribution in [0.2, 0.25) is 0 Å². The van der Waals surface area contributed by atoms with Gasteiger partial charge in [-0.05, 0) is 22.6 Å². The maximum atomic E-state index is 13.8. The molecule has 1 saturated heterocycles. The second kappa shape index (κ2) is 6.11. The summed E-state index contributed by atoms with van der Waals surface area (Å²) in [5.74, 6) is 0. The summed E-state index contributed by atoms with van der Waals surface area (Å²) in [6.07, 6.45) is -4.69. The van der Waals surface area contributed by atoms with Crippen molar-refractivity contribution in [2.24, 2.45) is 0 Å². The normalized spacial score (nSPS) is 30.1. The zero-order chi connectivity index (χ0) is 13.4. The zero-order valence-corrected chi connectivity index (χ0v) is 11.1. The Kier molecular flexibility index (Phi) is 5.24. The van der Waals surface area contributed by atoms with E-state index in [-0.39, 0.29) is 11.0 Å². The maximum absolute atomic E-state index is 13.8. The average Bonchev–Trinajstić information content (AvgIpc) is 2.61. The molecule has 3 N–H and O–H groups in total. The van der Waals surface area contributed by atoms with E-state index in [1.807, 2.05) is 4.98 Å². The first kappa shape index (κ1) is 16.3. The van der Waals surface area contributed by atoms with E-state index >= 15 is 0 Å². The molecule has 7 nitrogen and oxygen atoms in total. The smallest absolute Gasteiger partial charge is 0.330 e. The predicted molar refractivity (Wildman–Crippen MR) is 72.7 cm³/mol. The fraction of sp³-hybridized carbons (Fsp3) is 0.600. The van der Waals surface area contributed by atoms with Gasteiger partial charge in [0.1, 0.15) is 12.2 Å². The van der Waals surface area contributed by atoms with Gasteiger partial charge in [-0.15, -0.1) is 0 Å². The molecule has 2 heterocycles. The van der Waals surface area contributed by atoms with Gasteiger partial charge in [0, 0.05) is 6.20 Å². The fourth-order valence-electron chi connectivity index (χ4n) is 1.73. The van der Waals surface area contributed by atoms with Crippen molar-refractivity contribution in [2.45, 2.75) is 32.0 Å². The second-order valence-corrected chi connectivity index (χ2v) is 4.99. The fourth-order valence-corrected chi connectivity index (χ4v) is 2.16. The first-order valence-corrected chi connectivity index (χ1v) is 6.13. The molecule has 1 aliphatic heterocycles. The molecule has 1 fully saturated rings. The number of ether oxygens (including phenoxy) is 1. The Hall–Kier alpha value is -0.780. The number of aromatic amines is 1. The minimum Gasteiger partial charge on any atom is -0.394 e. The van der Waals surface area contributed by atoms with Crippen LogP contribution < -0.4 is 11.2 Å². The molecule has 2 rings (SSSR count). The molecule has 0 bridgehead atoms. The number of hydrogen-bond acceptors (Lipinski definition) is 5. The van der Waals surface area contributed by atoms with Gasteiger partial charge in [0.15, 0.2) is 12.4 Å². The topological polar surface area (TPSA) is 105 Å². The number of H-pyrrole nitrogens is 1. The lowest BCUT2D eigenvalue weighted by molar-refractivity contribution is -0.0492. The molecular weight excluding hydrogens is 374 g/mol. The Labute approximate surface area is 121 Å². The van der Waals surface area contributed by atoms with Crippen molar-refractivity contribution in [2.75, 3.05) is 6.61 Å². The van der Waals surface area contributed by atoms with Crippen LogP contribution in [0.3, 0.4) is 0 Å². The number of hydrogen-bond donors (Lipinski definition) is 3. The van der Waals surface area contributed by atoms with Crippen LogP contribution in [0.5, 0.6) is 0 Å². The van der Waals surface area contributed by atoms with Crippen LogP contribution in [0.15, 0.2) is 15.8 Å². The number of aliphatic hydroxyl groups is 2. The van der Waals surface area contributed by atoms with Gasteiger partial charge in [-0.1, -0.05) is 7.43 Å². The lowest BCUT2D eigenvalue weighted by Crippen LogP contribution is -2.37. The summed E-state index contributed by atoms with van der Waals surface area (Å²) < 4.78 is 19.9. The van der Waals surface area contributed by atoms with E-state index in [4.69, 9.17) is 9.84 Å². The molecule has 0 aromatic carbocycles. The number of halogens is 2. The maximum Gasteiger partial charge on any atom is 0.330 e. The number of aromatic nitrogens is 2. The van der Waals surface area contributed by atoms with Crippen LogP contribution in [-0.4, -0.2) is 44.8 Å². The molecule has 1 aromatic rings. The Bertz CT molecular complexity index is 560. The SMILES string of the molecule is C.O=c1[nH]c(=O)n([C@@H]2O[C@H](CO)C(O)[C@H]2F)cc1I. The first-order chi connectivity index (χ1) is 8.45. The van der Waals surface area contributed by atoms with E-state index in [1.54, 1.807) is 22.6 Å². The summed E-state index contributed by atoms with van der Waals surface area (Å²) in [7, 11) is 0. The van der Waals surface area contributed by atoms with E-state index in [1.165, 1.54) is 0 Å². The van der Waals surface area contributed by atoms with Crippen molar-refractivity contribution in [1.29, 1.82) is 0 Å². The summed E-state index contributed by atoms with van der Waals surface area (Å²) >= 11 is 1.69. The molecule has 1 unspecified atom stereocenters. The molecular formula is C10H14FIN2O5. The predicted octanol–water partition coefficient (Wildman–Crippen LogP) is -0.634. The highest BCUT2D eigenvalue weighted by Crippen LogP contribution is 2.30. The van der Waals surface area contributed by atoms with Crippen molar-refractivity contribution < 1.29 is 19.3 Å². The minimum absolute atomic E-state index is 0. The van der Waals surface area contributed by atoms with E-state index < -0.39 is 42.5 Å². The highest BCUT2D eigenvalue weighted by atomic mass is 127. The summed E-state index contributed by atoms with van der Waals surface area (Å²) in [5, 5.41) is 18.3. The average molecular weight is 388 g/mol. The molecule has 0 spiro atoms. The Morgan fingerprint density at radius 2 is 2.16 bits per heavy atom. The number of nitrogens with one attached hydrogen (secondary N) is 1. The van der Waals surface area contributed by atoms with Gasteiger partial charge in [-0.2, -0.15) is 0 Å². The third-order valence-corrected chi connectivity index (χ3v) is 3.44. The van der Waals surface area contributed by atoms with Crippen LogP contribution in [-0.2, 0) is 4.74 Å². The monoisotopic (exact) mass is 388 g/mol. The zero-order valence-electron chi connectivity index (χ0n) is 8.92.